The van der Waals surface area contributed by atoms with Crippen molar-refractivity contribution in [3.8, 4) is 0 Å². The SMILES string of the molecule is Fc1ccc(CNC2CC2)c(C2CC2)c1. The van der Waals surface area contributed by atoms with Crippen molar-refractivity contribution in [2.24, 2.45) is 0 Å². The molecule has 0 bridgehead atoms. The second-order valence-corrected chi connectivity index (χ2v) is 4.77. The maximum atomic E-state index is 13.1. The van der Waals surface area contributed by atoms with Gasteiger partial charge in [-0.25, -0.2) is 4.39 Å². The van der Waals surface area contributed by atoms with E-state index in [2.05, 4.69) is 5.32 Å². The minimum Gasteiger partial charge on any atom is -0.310 e. The highest BCUT2D eigenvalue weighted by Gasteiger charge is 2.27. The molecule has 0 saturated heterocycles. The van der Waals surface area contributed by atoms with Crippen LogP contribution in [0.3, 0.4) is 0 Å². The van der Waals surface area contributed by atoms with Gasteiger partial charge in [0.1, 0.15) is 5.82 Å². The van der Waals surface area contributed by atoms with Gasteiger partial charge in [0.25, 0.3) is 0 Å². The number of benzene rings is 1. The molecule has 1 nitrogen and oxygen atoms in total. The molecule has 15 heavy (non-hydrogen) atoms. The van der Waals surface area contributed by atoms with E-state index in [1.54, 1.807) is 12.1 Å². The molecule has 0 unspecified atom stereocenters. The minimum atomic E-state index is -0.0907. The summed E-state index contributed by atoms with van der Waals surface area (Å²) in [6.07, 6.45) is 5.08. The van der Waals surface area contributed by atoms with E-state index in [1.807, 2.05) is 6.07 Å². The normalized spacial score (nSPS) is 20.6. The summed E-state index contributed by atoms with van der Waals surface area (Å²) < 4.78 is 13.1. The van der Waals surface area contributed by atoms with Gasteiger partial charge in [-0.3, -0.25) is 0 Å². The van der Waals surface area contributed by atoms with Gasteiger partial charge in [-0.15, -0.1) is 0 Å². The fourth-order valence-corrected chi connectivity index (χ4v) is 2.04. The Morgan fingerprint density at radius 2 is 2.00 bits per heavy atom. The van der Waals surface area contributed by atoms with Crippen LogP contribution in [0.1, 0.15) is 42.7 Å². The predicted octanol–water partition coefficient (Wildman–Crippen LogP) is 2.96. The molecule has 0 heterocycles. The Morgan fingerprint density at radius 3 is 2.67 bits per heavy atom. The molecule has 2 saturated carbocycles. The molecule has 2 heteroatoms. The quantitative estimate of drug-likeness (QED) is 0.796. The molecule has 0 atom stereocenters. The van der Waals surface area contributed by atoms with E-state index in [-0.39, 0.29) is 5.82 Å². The zero-order valence-corrected chi connectivity index (χ0v) is 8.80. The van der Waals surface area contributed by atoms with Crippen molar-refractivity contribution < 1.29 is 4.39 Å². The highest BCUT2D eigenvalue weighted by molar-refractivity contribution is 5.33. The van der Waals surface area contributed by atoms with Gasteiger partial charge in [0, 0.05) is 12.6 Å². The van der Waals surface area contributed by atoms with Crippen LogP contribution in [0.2, 0.25) is 0 Å². The summed E-state index contributed by atoms with van der Waals surface area (Å²) in [7, 11) is 0. The third-order valence-corrected chi connectivity index (χ3v) is 3.28. The van der Waals surface area contributed by atoms with Crippen molar-refractivity contribution in [2.75, 3.05) is 0 Å². The number of halogens is 1. The van der Waals surface area contributed by atoms with Crippen molar-refractivity contribution in [1.29, 1.82) is 0 Å². The summed E-state index contributed by atoms with van der Waals surface area (Å²) in [4.78, 5) is 0. The topological polar surface area (TPSA) is 12.0 Å². The van der Waals surface area contributed by atoms with Gasteiger partial charge in [0.05, 0.1) is 0 Å². The summed E-state index contributed by atoms with van der Waals surface area (Å²) >= 11 is 0. The van der Waals surface area contributed by atoms with E-state index in [1.165, 1.54) is 36.8 Å². The molecule has 3 rings (SSSR count). The summed E-state index contributed by atoms with van der Waals surface area (Å²) in [5, 5.41) is 3.49. The first-order valence-corrected chi connectivity index (χ1v) is 5.84. The smallest absolute Gasteiger partial charge is 0.123 e. The van der Waals surface area contributed by atoms with Gasteiger partial charge in [-0.2, -0.15) is 0 Å². The fraction of sp³-hybridized carbons (Fsp3) is 0.538. The van der Waals surface area contributed by atoms with Crippen molar-refractivity contribution in [2.45, 2.75) is 44.2 Å². The van der Waals surface area contributed by atoms with Crippen LogP contribution >= 0.6 is 0 Å². The first kappa shape index (κ1) is 9.34. The number of rotatable bonds is 4. The van der Waals surface area contributed by atoms with Crippen LogP contribution in [0.5, 0.6) is 0 Å². The standard InChI is InChI=1S/C13H16FN/c14-11-4-3-10(8-15-12-5-6-12)13(7-11)9-1-2-9/h3-4,7,9,12,15H,1-2,5-6,8H2. The summed E-state index contributed by atoms with van der Waals surface area (Å²) in [5.74, 6) is 0.545. The van der Waals surface area contributed by atoms with Gasteiger partial charge < -0.3 is 5.32 Å². The summed E-state index contributed by atoms with van der Waals surface area (Å²) in [5.41, 5.74) is 2.54. The minimum absolute atomic E-state index is 0.0907. The van der Waals surface area contributed by atoms with Crippen molar-refractivity contribution >= 4 is 0 Å². The van der Waals surface area contributed by atoms with E-state index in [4.69, 9.17) is 0 Å². The van der Waals surface area contributed by atoms with Crippen molar-refractivity contribution in [3.63, 3.8) is 0 Å². The monoisotopic (exact) mass is 205 g/mol. The van der Waals surface area contributed by atoms with Crippen molar-refractivity contribution in [3.05, 3.63) is 35.1 Å². The lowest BCUT2D eigenvalue weighted by atomic mass is 10.0. The Hall–Kier alpha value is -0.890. The molecule has 0 aliphatic heterocycles. The molecule has 1 N–H and O–H groups in total. The molecule has 0 radical (unpaired) electrons. The third-order valence-electron chi connectivity index (χ3n) is 3.28. The lowest BCUT2D eigenvalue weighted by Gasteiger charge is -2.09. The van der Waals surface area contributed by atoms with E-state index in [0.717, 1.165) is 12.6 Å². The second kappa shape index (κ2) is 3.60. The number of hydrogen-bond acceptors (Lipinski definition) is 1. The fourth-order valence-electron chi connectivity index (χ4n) is 2.04. The van der Waals surface area contributed by atoms with Crippen molar-refractivity contribution in [1.82, 2.24) is 5.32 Å². The largest absolute Gasteiger partial charge is 0.310 e. The Kier molecular flexibility index (Phi) is 2.24. The molecule has 2 aliphatic rings. The van der Waals surface area contributed by atoms with E-state index in [9.17, 15) is 4.39 Å². The third kappa shape index (κ3) is 2.20. The van der Waals surface area contributed by atoms with E-state index >= 15 is 0 Å². The van der Waals surface area contributed by atoms with E-state index < -0.39 is 0 Å². The number of hydrogen-bond donors (Lipinski definition) is 1. The van der Waals surface area contributed by atoms with Crippen LogP contribution in [-0.4, -0.2) is 6.04 Å². The summed E-state index contributed by atoms with van der Waals surface area (Å²) in [6, 6.07) is 5.97. The molecule has 2 aliphatic carbocycles. The zero-order chi connectivity index (χ0) is 10.3. The average molecular weight is 205 g/mol. The maximum Gasteiger partial charge on any atom is 0.123 e. The van der Waals surface area contributed by atoms with Gasteiger partial charge in [0.15, 0.2) is 0 Å². The highest BCUT2D eigenvalue weighted by atomic mass is 19.1. The van der Waals surface area contributed by atoms with Crippen LogP contribution in [0, 0.1) is 5.82 Å². The molecule has 80 valence electrons. The summed E-state index contributed by atoms with van der Waals surface area (Å²) in [6.45, 7) is 0.913. The first-order chi connectivity index (χ1) is 7.33. The van der Waals surface area contributed by atoms with Crippen LogP contribution in [0.4, 0.5) is 4.39 Å². The van der Waals surface area contributed by atoms with Crippen LogP contribution in [0.15, 0.2) is 18.2 Å². The molecule has 0 amide bonds. The second-order valence-electron chi connectivity index (χ2n) is 4.77. The Labute approximate surface area is 89.7 Å². The van der Waals surface area contributed by atoms with Crippen LogP contribution in [-0.2, 0) is 6.54 Å². The zero-order valence-electron chi connectivity index (χ0n) is 8.80. The Bertz CT molecular complexity index is 367. The molecule has 2 fully saturated rings. The number of nitrogens with one attached hydrogen (secondary N) is 1. The molecular formula is C13H16FN. The van der Waals surface area contributed by atoms with E-state index in [0.29, 0.717) is 5.92 Å². The van der Waals surface area contributed by atoms with Gasteiger partial charge >= 0.3 is 0 Å². The van der Waals surface area contributed by atoms with Gasteiger partial charge in [-0.05, 0) is 54.9 Å². The predicted molar refractivity (Wildman–Crippen MR) is 58.2 cm³/mol. The maximum absolute atomic E-state index is 13.1. The highest BCUT2D eigenvalue weighted by Crippen LogP contribution is 2.42. The molecule has 1 aromatic rings. The Balaban J connectivity index is 1.77. The Morgan fingerprint density at radius 1 is 1.20 bits per heavy atom. The molecule has 0 spiro atoms. The average Bonchev–Trinajstić information content (AvgIpc) is 3.10. The first-order valence-electron chi connectivity index (χ1n) is 5.84. The van der Waals surface area contributed by atoms with Crippen LogP contribution < -0.4 is 5.32 Å². The lowest BCUT2D eigenvalue weighted by Crippen LogP contribution is -2.16. The molecule has 1 aromatic carbocycles. The van der Waals surface area contributed by atoms with Gasteiger partial charge in [-0.1, -0.05) is 6.07 Å². The molecular weight excluding hydrogens is 189 g/mol. The van der Waals surface area contributed by atoms with Crippen LogP contribution in [0.25, 0.3) is 0 Å². The lowest BCUT2D eigenvalue weighted by molar-refractivity contribution is 0.621. The van der Waals surface area contributed by atoms with Gasteiger partial charge in [0.2, 0.25) is 0 Å². The molecule has 0 aromatic heterocycles.